The molecule has 3 nitrogen and oxygen atoms in total. The zero-order valence-corrected chi connectivity index (χ0v) is 12.8. The molecule has 1 aliphatic heterocycles. The van der Waals surface area contributed by atoms with Crippen molar-refractivity contribution in [2.75, 3.05) is 13.1 Å². The SMILES string of the molecule is CCc1ccc(S(=O)(=O)N2C[C@@H](C)C[C@H](C)C2)cc1. The van der Waals surface area contributed by atoms with E-state index in [1.54, 1.807) is 16.4 Å². The van der Waals surface area contributed by atoms with Crippen LogP contribution in [0.1, 0.15) is 32.8 Å². The number of nitrogens with zero attached hydrogens (tertiary/aromatic N) is 1. The fourth-order valence-electron chi connectivity index (χ4n) is 2.85. The molecule has 1 saturated heterocycles. The van der Waals surface area contributed by atoms with E-state index in [1.807, 2.05) is 12.1 Å². The Balaban J connectivity index is 2.25. The number of rotatable bonds is 3. The lowest BCUT2D eigenvalue weighted by molar-refractivity contribution is 0.222. The highest BCUT2D eigenvalue weighted by Crippen LogP contribution is 2.26. The summed E-state index contributed by atoms with van der Waals surface area (Å²) in [6, 6.07) is 7.28. The molecule has 4 heteroatoms. The van der Waals surface area contributed by atoms with Gasteiger partial charge in [-0.25, -0.2) is 8.42 Å². The van der Waals surface area contributed by atoms with Crippen molar-refractivity contribution in [3.63, 3.8) is 0 Å². The van der Waals surface area contributed by atoms with E-state index in [2.05, 4.69) is 20.8 Å². The number of piperidine rings is 1. The first kappa shape index (κ1) is 14.5. The van der Waals surface area contributed by atoms with Crippen molar-refractivity contribution < 1.29 is 8.42 Å². The van der Waals surface area contributed by atoms with Gasteiger partial charge < -0.3 is 0 Å². The standard InChI is InChI=1S/C15H23NO2S/c1-4-14-5-7-15(8-6-14)19(17,18)16-10-12(2)9-13(3)11-16/h5-8,12-13H,4,9-11H2,1-3H3/t12-,13-/m0/s1. The predicted octanol–water partition coefficient (Wildman–Crippen LogP) is 2.92. The van der Waals surface area contributed by atoms with Crippen LogP contribution in [0.25, 0.3) is 0 Å². The third kappa shape index (κ3) is 3.18. The lowest BCUT2D eigenvalue weighted by atomic mass is 9.94. The van der Waals surface area contributed by atoms with Crippen LogP contribution < -0.4 is 0 Å². The molecule has 0 bridgehead atoms. The quantitative estimate of drug-likeness (QED) is 0.854. The third-order valence-corrected chi connectivity index (χ3v) is 5.65. The van der Waals surface area contributed by atoms with Crippen molar-refractivity contribution in [2.24, 2.45) is 11.8 Å². The van der Waals surface area contributed by atoms with Gasteiger partial charge in [0.25, 0.3) is 0 Å². The highest BCUT2D eigenvalue weighted by Gasteiger charge is 2.31. The van der Waals surface area contributed by atoms with Gasteiger partial charge in [-0.2, -0.15) is 4.31 Å². The van der Waals surface area contributed by atoms with Crippen LogP contribution in [0.15, 0.2) is 29.2 Å². The van der Waals surface area contributed by atoms with E-state index < -0.39 is 10.0 Å². The van der Waals surface area contributed by atoms with Gasteiger partial charge in [0, 0.05) is 13.1 Å². The molecule has 0 radical (unpaired) electrons. The van der Waals surface area contributed by atoms with Crippen LogP contribution >= 0.6 is 0 Å². The minimum Gasteiger partial charge on any atom is -0.207 e. The molecule has 1 fully saturated rings. The summed E-state index contributed by atoms with van der Waals surface area (Å²) in [5, 5.41) is 0. The fraction of sp³-hybridized carbons (Fsp3) is 0.600. The zero-order valence-electron chi connectivity index (χ0n) is 12.0. The molecule has 0 unspecified atom stereocenters. The Labute approximate surface area is 116 Å². The summed E-state index contributed by atoms with van der Waals surface area (Å²) in [5.74, 6) is 0.877. The van der Waals surface area contributed by atoms with E-state index in [0.717, 1.165) is 12.8 Å². The molecule has 19 heavy (non-hydrogen) atoms. The molecule has 1 heterocycles. The smallest absolute Gasteiger partial charge is 0.207 e. The monoisotopic (exact) mass is 281 g/mol. The van der Waals surface area contributed by atoms with E-state index in [-0.39, 0.29) is 0 Å². The van der Waals surface area contributed by atoms with Crippen LogP contribution in [0.5, 0.6) is 0 Å². The van der Waals surface area contributed by atoms with Crippen molar-refractivity contribution in [1.82, 2.24) is 4.31 Å². The first-order valence-electron chi connectivity index (χ1n) is 7.02. The second-order valence-electron chi connectivity index (χ2n) is 5.77. The first-order chi connectivity index (χ1) is 8.93. The zero-order chi connectivity index (χ0) is 14.0. The molecule has 106 valence electrons. The average molecular weight is 281 g/mol. The number of hydrogen-bond donors (Lipinski definition) is 0. The Kier molecular flexibility index (Phi) is 4.31. The van der Waals surface area contributed by atoms with Gasteiger partial charge in [-0.05, 0) is 42.4 Å². The van der Waals surface area contributed by atoms with Gasteiger partial charge in [0.2, 0.25) is 10.0 Å². The van der Waals surface area contributed by atoms with Crippen LogP contribution in [0, 0.1) is 11.8 Å². The van der Waals surface area contributed by atoms with Gasteiger partial charge in [0.05, 0.1) is 4.90 Å². The van der Waals surface area contributed by atoms with Crippen molar-refractivity contribution in [1.29, 1.82) is 0 Å². The lowest BCUT2D eigenvalue weighted by Crippen LogP contribution is -2.42. The molecular formula is C15H23NO2S. The Morgan fingerprint density at radius 2 is 1.63 bits per heavy atom. The minimum atomic E-state index is -3.32. The van der Waals surface area contributed by atoms with Gasteiger partial charge in [-0.15, -0.1) is 0 Å². The molecule has 0 N–H and O–H groups in total. The summed E-state index contributed by atoms with van der Waals surface area (Å²) < 4.78 is 26.9. The number of aryl methyl sites for hydroxylation is 1. The lowest BCUT2D eigenvalue weighted by Gasteiger charge is -2.34. The van der Waals surface area contributed by atoms with Crippen molar-refractivity contribution >= 4 is 10.0 Å². The van der Waals surface area contributed by atoms with E-state index in [4.69, 9.17) is 0 Å². The molecule has 2 atom stereocenters. The van der Waals surface area contributed by atoms with Crippen LogP contribution in [0.3, 0.4) is 0 Å². The molecule has 0 amide bonds. The first-order valence-corrected chi connectivity index (χ1v) is 8.46. The van der Waals surface area contributed by atoms with Crippen molar-refractivity contribution in [3.05, 3.63) is 29.8 Å². The summed E-state index contributed by atoms with van der Waals surface area (Å²) >= 11 is 0. The van der Waals surface area contributed by atoms with Gasteiger partial charge >= 0.3 is 0 Å². The summed E-state index contributed by atoms with van der Waals surface area (Å²) in [7, 11) is -3.32. The van der Waals surface area contributed by atoms with Gasteiger partial charge in [-0.3, -0.25) is 0 Å². The number of benzene rings is 1. The van der Waals surface area contributed by atoms with Crippen LogP contribution in [-0.2, 0) is 16.4 Å². The van der Waals surface area contributed by atoms with Crippen LogP contribution in [-0.4, -0.2) is 25.8 Å². The van der Waals surface area contributed by atoms with Gasteiger partial charge in [-0.1, -0.05) is 32.9 Å². The van der Waals surface area contributed by atoms with E-state index in [0.29, 0.717) is 29.8 Å². The maximum Gasteiger partial charge on any atom is 0.243 e. The highest BCUT2D eigenvalue weighted by molar-refractivity contribution is 7.89. The molecule has 1 aromatic rings. The van der Waals surface area contributed by atoms with Crippen LogP contribution in [0.4, 0.5) is 0 Å². The van der Waals surface area contributed by atoms with E-state index >= 15 is 0 Å². The molecule has 0 aromatic heterocycles. The molecule has 0 spiro atoms. The van der Waals surface area contributed by atoms with Crippen molar-refractivity contribution in [2.45, 2.75) is 38.5 Å². The molecule has 0 aliphatic carbocycles. The minimum absolute atomic E-state index is 0.422. The normalized spacial score (nSPS) is 25.4. The second-order valence-corrected chi connectivity index (χ2v) is 7.70. The molecule has 2 rings (SSSR count). The van der Waals surface area contributed by atoms with Crippen LogP contribution in [0.2, 0.25) is 0 Å². The molecule has 1 aliphatic rings. The summed E-state index contributed by atoms with van der Waals surface area (Å²) in [6.45, 7) is 7.60. The highest BCUT2D eigenvalue weighted by atomic mass is 32.2. The maximum atomic E-state index is 12.6. The molecule has 1 aromatic carbocycles. The molecule has 0 saturated carbocycles. The summed E-state index contributed by atoms with van der Waals surface area (Å²) in [4.78, 5) is 0.422. The predicted molar refractivity (Wildman–Crippen MR) is 77.5 cm³/mol. The van der Waals surface area contributed by atoms with E-state index in [1.165, 1.54) is 5.56 Å². The average Bonchev–Trinajstić information content (AvgIpc) is 2.37. The topological polar surface area (TPSA) is 37.4 Å². The third-order valence-electron chi connectivity index (χ3n) is 3.80. The number of hydrogen-bond acceptors (Lipinski definition) is 2. The Morgan fingerprint density at radius 1 is 1.11 bits per heavy atom. The largest absolute Gasteiger partial charge is 0.243 e. The van der Waals surface area contributed by atoms with Gasteiger partial charge in [0.1, 0.15) is 0 Å². The second kappa shape index (κ2) is 5.63. The Morgan fingerprint density at radius 3 is 2.11 bits per heavy atom. The van der Waals surface area contributed by atoms with E-state index in [9.17, 15) is 8.42 Å². The van der Waals surface area contributed by atoms with Gasteiger partial charge in [0.15, 0.2) is 0 Å². The molecular weight excluding hydrogens is 258 g/mol. The fourth-order valence-corrected chi connectivity index (χ4v) is 4.53. The summed E-state index contributed by atoms with van der Waals surface area (Å²) in [5.41, 5.74) is 1.17. The maximum absolute atomic E-state index is 12.6. The number of sulfonamides is 1. The Bertz CT molecular complexity index is 512. The Hall–Kier alpha value is -0.870. The summed E-state index contributed by atoms with van der Waals surface area (Å²) in [6.07, 6.45) is 2.04. The van der Waals surface area contributed by atoms with Crippen molar-refractivity contribution in [3.8, 4) is 0 Å².